The van der Waals surface area contributed by atoms with E-state index >= 15 is 0 Å². The average Bonchev–Trinajstić information content (AvgIpc) is 2.72. The normalized spacial score (nSPS) is 16.3. The van der Waals surface area contributed by atoms with Gasteiger partial charge in [-0.1, -0.05) is 70.2 Å². The molecule has 0 spiro atoms. The highest BCUT2D eigenvalue weighted by atomic mass is 79.9. The number of allylic oxidation sites excluding steroid dienone is 3. The first-order valence-corrected chi connectivity index (χ1v) is 10.8. The molecule has 0 radical (unpaired) electrons. The third kappa shape index (κ3) is 4.69. The number of halogens is 1. The van der Waals surface area contributed by atoms with Crippen molar-refractivity contribution in [1.29, 1.82) is 5.26 Å². The number of nitrogens with zero attached hydrogens (tertiary/aromatic N) is 1. The largest absolute Gasteiger partial charge is 0.353 e. The Labute approximate surface area is 182 Å². The molecule has 1 unspecified atom stereocenters. The smallest absolute Gasteiger partial charge is 0.173 e. The van der Waals surface area contributed by atoms with Gasteiger partial charge in [-0.25, -0.2) is 0 Å². The molecule has 0 bridgehead atoms. The van der Waals surface area contributed by atoms with Crippen LogP contribution in [0.4, 0.5) is 0 Å². The van der Waals surface area contributed by atoms with Gasteiger partial charge in [-0.2, -0.15) is 5.26 Å². The Hall–Kier alpha value is -2.62. The van der Waals surface area contributed by atoms with Crippen molar-refractivity contribution >= 4 is 39.3 Å². The summed E-state index contributed by atoms with van der Waals surface area (Å²) in [6, 6.07) is 18.9. The zero-order valence-electron chi connectivity index (χ0n) is 16.0. The van der Waals surface area contributed by atoms with Crippen molar-refractivity contribution in [2.75, 3.05) is 5.75 Å². The van der Waals surface area contributed by atoms with Gasteiger partial charge in [-0.15, -0.1) is 0 Å². The van der Waals surface area contributed by atoms with Crippen molar-refractivity contribution in [3.63, 3.8) is 0 Å². The molecule has 0 amide bonds. The predicted octanol–water partition coefficient (Wildman–Crippen LogP) is 5.35. The number of carbonyl (C=O) groups excluding carboxylic acids is 2. The molecule has 0 saturated heterocycles. The van der Waals surface area contributed by atoms with Gasteiger partial charge in [0.1, 0.15) is 0 Å². The molecule has 146 valence electrons. The summed E-state index contributed by atoms with van der Waals surface area (Å²) in [6.07, 6.45) is 0. The van der Waals surface area contributed by atoms with Crippen molar-refractivity contribution in [1.82, 2.24) is 5.32 Å². The lowest BCUT2D eigenvalue weighted by atomic mass is 9.81. The monoisotopic (exact) mass is 466 g/mol. The molecule has 6 heteroatoms. The van der Waals surface area contributed by atoms with E-state index in [1.807, 2.05) is 49.4 Å². The Kier molecular flexibility index (Phi) is 6.73. The molecule has 0 saturated carbocycles. The fourth-order valence-corrected chi connectivity index (χ4v) is 4.58. The average molecular weight is 467 g/mol. The lowest BCUT2D eigenvalue weighted by molar-refractivity contribution is -0.113. The number of rotatable bonds is 6. The summed E-state index contributed by atoms with van der Waals surface area (Å²) in [4.78, 5) is 24.9. The zero-order valence-corrected chi connectivity index (χ0v) is 18.4. The van der Waals surface area contributed by atoms with Crippen molar-refractivity contribution in [2.24, 2.45) is 0 Å². The molecule has 2 aromatic carbocycles. The lowest BCUT2D eigenvalue weighted by Gasteiger charge is -2.29. The Morgan fingerprint density at radius 3 is 2.38 bits per heavy atom. The standard InChI is InChI=1S/C23H19BrN2O2S/c1-14-21(15(2)27)22(17-8-10-18(24)11-9-17)19(12-25)23(26-14)29-13-20(28)16-6-4-3-5-7-16/h3-11,22,26H,13H2,1-2H3. The molecule has 3 rings (SSSR count). The van der Waals surface area contributed by atoms with Crippen molar-refractivity contribution in [3.8, 4) is 6.07 Å². The van der Waals surface area contributed by atoms with Gasteiger partial charge in [0.2, 0.25) is 0 Å². The van der Waals surface area contributed by atoms with E-state index < -0.39 is 5.92 Å². The van der Waals surface area contributed by atoms with Crippen LogP contribution in [0.3, 0.4) is 0 Å². The fraction of sp³-hybridized carbons (Fsp3) is 0.174. The van der Waals surface area contributed by atoms with E-state index in [2.05, 4.69) is 27.3 Å². The van der Waals surface area contributed by atoms with Gasteiger partial charge in [0.15, 0.2) is 11.6 Å². The Bertz CT molecular complexity index is 1050. The van der Waals surface area contributed by atoms with E-state index in [9.17, 15) is 14.9 Å². The van der Waals surface area contributed by atoms with Crippen LogP contribution in [0, 0.1) is 11.3 Å². The summed E-state index contributed by atoms with van der Waals surface area (Å²) in [7, 11) is 0. The number of hydrogen-bond donors (Lipinski definition) is 1. The summed E-state index contributed by atoms with van der Waals surface area (Å²) < 4.78 is 0.922. The minimum Gasteiger partial charge on any atom is -0.353 e. The van der Waals surface area contributed by atoms with E-state index in [-0.39, 0.29) is 17.3 Å². The SMILES string of the molecule is CC(=O)C1=C(C)NC(SCC(=O)c2ccccc2)=C(C#N)C1c1ccc(Br)cc1. The predicted molar refractivity (Wildman–Crippen MR) is 119 cm³/mol. The number of carbonyl (C=O) groups is 2. The second-order valence-corrected chi connectivity index (χ2v) is 8.54. The van der Waals surface area contributed by atoms with E-state index in [1.165, 1.54) is 18.7 Å². The van der Waals surface area contributed by atoms with Gasteiger partial charge in [-0.3, -0.25) is 9.59 Å². The van der Waals surface area contributed by atoms with Crippen LogP contribution in [-0.2, 0) is 4.79 Å². The van der Waals surface area contributed by atoms with Gasteiger partial charge in [0.25, 0.3) is 0 Å². The van der Waals surface area contributed by atoms with E-state index in [0.29, 0.717) is 27.4 Å². The molecule has 4 nitrogen and oxygen atoms in total. The molecule has 0 aliphatic carbocycles. The number of thioether (sulfide) groups is 1. The molecule has 1 heterocycles. The summed E-state index contributed by atoms with van der Waals surface area (Å²) in [5.74, 6) is -0.351. The molecule has 2 aromatic rings. The van der Waals surface area contributed by atoms with Gasteiger partial charge < -0.3 is 5.32 Å². The highest BCUT2D eigenvalue weighted by molar-refractivity contribution is 9.10. The van der Waals surface area contributed by atoms with E-state index in [4.69, 9.17) is 0 Å². The molecule has 1 N–H and O–H groups in total. The third-order valence-electron chi connectivity index (χ3n) is 4.67. The first-order valence-electron chi connectivity index (χ1n) is 9.02. The number of benzene rings is 2. The molecular weight excluding hydrogens is 448 g/mol. The number of nitrogens with one attached hydrogen (secondary N) is 1. The van der Waals surface area contributed by atoms with Gasteiger partial charge in [0, 0.05) is 21.3 Å². The fourth-order valence-electron chi connectivity index (χ4n) is 3.33. The maximum Gasteiger partial charge on any atom is 0.173 e. The summed E-state index contributed by atoms with van der Waals surface area (Å²) >= 11 is 4.72. The zero-order chi connectivity index (χ0) is 21.0. The second kappa shape index (κ2) is 9.25. The summed E-state index contributed by atoms with van der Waals surface area (Å²) in [5, 5.41) is 13.7. The topological polar surface area (TPSA) is 70.0 Å². The Morgan fingerprint density at radius 2 is 1.79 bits per heavy atom. The number of ketones is 2. The first-order chi connectivity index (χ1) is 13.9. The van der Waals surface area contributed by atoms with E-state index in [0.717, 1.165) is 10.0 Å². The van der Waals surface area contributed by atoms with Crippen molar-refractivity contribution < 1.29 is 9.59 Å². The molecule has 1 aliphatic heterocycles. The van der Waals surface area contributed by atoms with Gasteiger partial charge >= 0.3 is 0 Å². The minimum atomic E-state index is -0.457. The summed E-state index contributed by atoms with van der Waals surface area (Å²) in [6.45, 7) is 3.34. The van der Waals surface area contributed by atoms with Crippen LogP contribution >= 0.6 is 27.7 Å². The van der Waals surface area contributed by atoms with Gasteiger partial charge in [0.05, 0.1) is 28.3 Å². The highest BCUT2D eigenvalue weighted by Gasteiger charge is 2.33. The van der Waals surface area contributed by atoms with Crippen LogP contribution in [-0.4, -0.2) is 17.3 Å². The number of nitriles is 1. The number of Topliss-reactive ketones (excluding diaryl/α,β-unsaturated/α-hetero) is 2. The third-order valence-corrected chi connectivity index (χ3v) is 6.22. The second-order valence-electron chi connectivity index (χ2n) is 6.64. The molecule has 29 heavy (non-hydrogen) atoms. The van der Waals surface area contributed by atoms with Gasteiger partial charge in [-0.05, 0) is 31.5 Å². The highest BCUT2D eigenvalue weighted by Crippen LogP contribution is 2.41. The number of hydrogen-bond acceptors (Lipinski definition) is 5. The van der Waals surface area contributed by atoms with Crippen LogP contribution in [0.5, 0.6) is 0 Å². The number of dihydropyridines is 1. The lowest BCUT2D eigenvalue weighted by Crippen LogP contribution is -2.27. The van der Waals surface area contributed by atoms with Crippen molar-refractivity contribution in [2.45, 2.75) is 19.8 Å². The summed E-state index contributed by atoms with van der Waals surface area (Å²) in [5.41, 5.74) is 3.23. The van der Waals surface area contributed by atoms with Crippen molar-refractivity contribution in [3.05, 3.63) is 92.1 Å². The Morgan fingerprint density at radius 1 is 1.14 bits per heavy atom. The van der Waals surface area contributed by atoms with Crippen LogP contribution in [0.15, 0.2) is 80.9 Å². The molecule has 0 aromatic heterocycles. The maximum absolute atomic E-state index is 12.5. The molecule has 1 aliphatic rings. The minimum absolute atomic E-state index is 0.0126. The maximum atomic E-state index is 12.5. The van der Waals surface area contributed by atoms with Crippen LogP contribution < -0.4 is 5.32 Å². The van der Waals surface area contributed by atoms with Crippen LogP contribution in [0.2, 0.25) is 0 Å². The first kappa shape index (κ1) is 21.1. The molecule has 1 atom stereocenters. The van der Waals surface area contributed by atoms with Crippen LogP contribution in [0.1, 0.15) is 35.7 Å². The van der Waals surface area contributed by atoms with E-state index in [1.54, 1.807) is 12.1 Å². The molecule has 0 fully saturated rings. The quantitative estimate of drug-likeness (QED) is 0.580. The molecular formula is C23H19BrN2O2S. The Balaban J connectivity index is 1.96. The van der Waals surface area contributed by atoms with Crippen LogP contribution in [0.25, 0.3) is 0 Å².